The number of hydrogen-bond acceptors (Lipinski definition) is 6. The van der Waals surface area contributed by atoms with Gasteiger partial charge in [-0.05, 0) is 18.2 Å². The number of hydrogen-bond donors (Lipinski definition) is 2. The summed E-state index contributed by atoms with van der Waals surface area (Å²) in [6, 6.07) is 6.82. The van der Waals surface area contributed by atoms with E-state index in [9.17, 15) is 9.59 Å². The number of nitrogens with one attached hydrogen (secondary N) is 1. The number of aromatic nitrogens is 3. The predicted octanol–water partition coefficient (Wildman–Crippen LogP) is -1.58. The minimum absolute atomic E-state index is 0.168. The molecule has 1 aliphatic heterocycles. The number of carbonyl (C=O) groups excluding carboxylic acids is 1. The van der Waals surface area contributed by atoms with E-state index in [2.05, 4.69) is 4.98 Å². The van der Waals surface area contributed by atoms with Crippen molar-refractivity contribution >= 4 is 28.5 Å². The number of methoxy groups -OCH3 is 1. The molecule has 0 radical (unpaired) electrons. The average Bonchev–Trinajstić information content (AvgIpc) is 2.73. The molecule has 0 unspecified atom stereocenters. The topological polar surface area (TPSA) is 104 Å². The Labute approximate surface area is 160 Å². The van der Waals surface area contributed by atoms with Crippen LogP contribution in [0.2, 0.25) is 0 Å². The second-order valence-corrected chi connectivity index (χ2v) is 6.78. The number of anilines is 1. The SMILES string of the molecule is COC(=O)c1cc2c(=O)n3ccccc3nc2[n+](CC[NH+]2CCOCC2)c1N. The molecule has 3 aromatic heterocycles. The van der Waals surface area contributed by atoms with E-state index in [0.717, 1.165) is 32.8 Å². The standard InChI is InChI=1S/C19H21N5O4/c1-27-19(26)13-12-14-17(21-15-4-2-3-5-23(15)18(14)25)24(16(13)20)7-6-22-8-10-28-11-9-22/h2-5,12,20H,6-11H2,1H3/p+2. The highest BCUT2D eigenvalue weighted by molar-refractivity contribution is 5.96. The monoisotopic (exact) mass is 385 g/mol. The minimum atomic E-state index is -0.579. The number of rotatable bonds is 4. The van der Waals surface area contributed by atoms with Crippen molar-refractivity contribution in [3.05, 3.63) is 46.4 Å². The lowest BCUT2D eigenvalue weighted by Gasteiger charge is -2.23. The molecule has 4 rings (SSSR count). The second kappa shape index (κ2) is 7.53. The maximum absolute atomic E-state index is 13.0. The van der Waals surface area contributed by atoms with Crippen LogP contribution in [0.15, 0.2) is 35.3 Å². The highest BCUT2D eigenvalue weighted by atomic mass is 16.5. The second-order valence-electron chi connectivity index (χ2n) is 6.78. The van der Waals surface area contributed by atoms with Crippen LogP contribution in [-0.2, 0) is 16.0 Å². The van der Waals surface area contributed by atoms with Crippen molar-refractivity contribution in [1.82, 2.24) is 9.38 Å². The first-order valence-corrected chi connectivity index (χ1v) is 9.23. The lowest BCUT2D eigenvalue weighted by molar-refractivity contribution is -0.923. The third-order valence-corrected chi connectivity index (χ3v) is 5.15. The Balaban J connectivity index is 1.89. The summed E-state index contributed by atoms with van der Waals surface area (Å²) in [7, 11) is 1.29. The molecule has 9 heteroatoms. The zero-order valence-electron chi connectivity index (χ0n) is 15.7. The molecule has 0 aliphatic carbocycles. The number of esters is 1. The van der Waals surface area contributed by atoms with E-state index in [0.29, 0.717) is 23.2 Å². The smallest absolute Gasteiger partial charge is 0.344 e. The largest absolute Gasteiger partial charge is 0.465 e. The molecule has 4 heterocycles. The molecule has 3 aromatic rings. The van der Waals surface area contributed by atoms with E-state index in [1.54, 1.807) is 22.9 Å². The third kappa shape index (κ3) is 3.19. The third-order valence-electron chi connectivity index (χ3n) is 5.15. The zero-order valence-corrected chi connectivity index (χ0v) is 15.7. The average molecular weight is 385 g/mol. The molecule has 28 heavy (non-hydrogen) atoms. The number of ether oxygens (including phenoxy) is 2. The molecule has 0 saturated carbocycles. The number of pyridine rings is 2. The van der Waals surface area contributed by atoms with Crippen molar-refractivity contribution in [3.8, 4) is 0 Å². The van der Waals surface area contributed by atoms with Crippen molar-refractivity contribution in [2.45, 2.75) is 6.54 Å². The van der Waals surface area contributed by atoms with E-state index in [1.165, 1.54) is 22.5 Å². The van der Waals surface area contributed by atoms with Gasteiger partial charge in [0.2, 0.25) is 11.5 Å². The molecule has 0 spiro atoms. The van der Waals surface area contributed by atoms with Gasteiger partial charge >= 0.3 is 5.97 Å². The fourth-order valence-corrected chi connectivity index (χ4v) is 3.58. The first-order valence-electron chi connectivity index (χ1n) is 9.23. The molecule has 0 aromatic carbocycles. The quantitative estimate of drug-likeness (QED) is 0.319. The normalized spacial score (nSPS) is 15.2. The summed E-state index contributed by atoms with van der Waals surface area (Å²) in [5.41, 5.74) is 7.22. The van der Waals surface area contributed by atoms with Crippen LogP contribution in [0, 0.1) is 0 Å². The molecule has 0 amide bonds. The van der Waals surface area contributed by atoms with Crippen LogP contribution in [0.1, 0.15) is 10.4 Å². The van der Waals surface area contributed by atoms with Crippen LogP contribution in [-0.4, -0.2) is 55.3 Å². The van der Waals surface area contributed by atoms with Crippen LogP contribution in [0.5, 0.6) is 0 Å². The van der Waals surface area contributed by atoms with Crippen molar-refractivity contribution in [2.75, 3.05) is 45.7 Å². The molecular weight excluding hydrogens is 362 g/mol. The Morgan fingerprint density at radius 2 is 2.18 bits per heavy atom. The van der Waals surface area contributed by atoms with Gasteiger partial charge in [-0.15, -0.1) is 0 Å². The van der Waals surface area contributed by atoms with Gasteiger partial charge in [-0.3, -0.25) is 9.20 Å². The van der Waals surface area contributed by atoms with Crippen molar-refractivity contribution in [3.63, 3.8) is 0 Å². The van der Waals surface area contributed by atoms with E-state index in [4.69, 9.17) is 15.2 Å². The van der Waals surface area contributed by atoms with E-state index >= 15 is 0 Å². The van der Waals surface area contributed by atoms with E-state index < -0.39 is 5.97 Å². The van der Waals surface area contributed by atoms with Gasteiger partial charge in [0.25, 0.3) is 11.2 Å². The minimum Gasteiger partial charge on any atom is -0.465 e. The number of nitrogen functional groups attached to an aromatic ring is 1. The highest BCUT2D eigenvalue weighted by Crippen LogP contribution is 2.15. The van der Waals surface area contributed by atoms with Gasteiger partial charge in [0.05, 0.1) is 20.3 Å². The number of morpholine rings is 1. The van der Waals surface area contributed by atoms with Gasteiger partial charge in [0.1, 0.15) is 37.1 Å². The van der Waals surface area contributed by atoms with E-state index in [-0.39, 0.29) is 16.9 Å². The number of quaternary nitrogens is 1. The predicted molar refractivity (Wildman–Crippen MR) is 101 cm³/mol. The Kier molecular flexibility index (Phi) is 4.93. The van der Waals surface area contributed by atoms with Crippen LogP contribution in [0.4, 0.5) is 5.82 Å². The summed E-state index contributed by atoms with van der Waals surface area (Å²) in [5.74, 6) is -0.330. The first-order chi connectivity index (χ1) is 13.6. The van der Waals surface area contributed by atoms with Crippen LogP contribution in [0.25, 0.3) is 16.7 Å². The molecule has 0 atom stereocenters. The Bertz CT molecular complexity index is 1100. The van der Waals surface area contributed by atoms with Crippen LogP contribution < -0.4 is 20.8 Å². The molecular formula is C19H23N5O4+2. The van der Waals surface area contributed by atoms with Crippen molar-refractivity contribution < 1.29 is 23.7 Å². The van der Waals surface area contributed by atoms with Gasteiger partial charge in [0.15, 0.2) is 0 Å². The van der Waals surface area contributed by atoms with Crippen LogP contribution in [0.3, 0.4) is 0 Å². The molecule has 146 valence electrons. The van der Waals surface area contributed by atoms with Gasteiger partial charge in [-0.25, -0.2) is 9.36 Å². The Hall–Kier alpha value is -3.04. The van der Waals surface area contributed by atoms with Crippen molar-refractivity contribution in [1.29, 1.82) is 0 Å². The molecule has 1 saturated heterocycles. The number of nitrogens with two attached hydrogens (primary N) is 1. The summed E-state index contributed by atoms with van der Waals surface area (Å²) in [4.78, 5) is 31.3. The fraction of sp³-hybridized carbons (Fsp3) is 0.368. The van der Waals surface area contributed by atoms with Crippen molar-refractivity contribution in [2.24, 2.45) is 0 Å². The summed E-state index contributed by atoms with van der Waals surface area (Å²) < 4.78 is 13.5. The Morgan fingerprint density at radius 1 is 1.39 bits per heavy atom. The summed E-state index contributed by atoms with van der Waals surface area (Å²) >= 11 is 0. The summed E-state index contributed by atoms with van der Waals surface area (Å²) in [5, 5.41) is 0.329. The molecule has 1 fully saturated rings. The molecule has 3 N–H and O–H groups in total. The molecule has 1 aliphatic rings. The lowest BCUT2D eigenvalue weighted by atomic mass is 10.2. The van der Waals surface area contributed by atoms with E-state index in [1.807, 2.05) is 6.07 Å². The fourth-order valence-electron chi connectivity index (χ4n) is 3.58. The lowest BCUT2D eigenvalue weighted by Crippen LogP contribution is -3.14. The molecule has 9 nitrogen and oxygen atoms in total. The van der Waals surface area contributed by atoms with Crippen LogP contribution >= 0.6 is 0 Å². The number of carbonyl (C=O) groups is 1. The van der Waals surface area contributed by atoms with Gasteiger partial charge in [0, 0.05) is 6.20 Å². The summed E-state index contributed by atoms with van der Waals surface area (Å²) in [6.45, 7) is 4.58. The van der Waals surface area contributed by atoms with Gasteiger partial charge in [-0.1, -0.05) is 11.1 Å². The Morgan fingerprint density at radius 3 is 2.93 bits per heavy atom. The maximum atomic E-state index is 13.0. The molecule has 0 bridgehead atoms. The maximum Gasteiger partial charge on any atom is 0.344 e. The number of fused-ring (bicyclic) bond motifs is 2. The zero-order chi connectivity index (χ0) is 19.7. The highest BCUT2D eigenvalue weighted by Gasteiger charge is 2.26. The number of nitrogens with zero attached hydrogens (tertiary/aromatic N) is 3. The first kappa shape index (κ1) is 18.3. The van der Waals surface area contributed by atoms with Gasteiger partial charge in [-0.2, -0.15) is 0 Å². The van der Waals surface area contributed by atoms with Gasteiger partial charge < -0.3 is 20.1 Å². The summed E-state index contributed by atoms with van der Waals surface area (Å²) in [6.07, 6.45) is 1.65.